The molecule has 0 spiro atoms. The molecule has 0 saturated heterocycles. The number of nitrogens with one attached hydrogen (secondary N) is 1. The van der Waals surface area contributed by atoms with Crippen molar-refractivity contribution >= 4 is 11.9 Å². The first kappa shape index (κ1) is 14.0. The summed E-state index contributed by atoms with van der Waals surface area (Å²) in [5, 5.41) is 11.4. The van der Waals surface area contributed by atoms with Gasteiger partial charge in [0.05, 0.1) is 6.10 Å². The summed E-state index contributed by atoms with van der Waals surface area (Å²) in [6.07, 6.45) is 4.89. The summed E-state index contributed by atoms with van der Waals surface area (Å²) in [6.45, 7) is 0. The van der Waals surface area contributed by atoms with Crippen molar-refractivity contribution in [2.24, 2.45) is 0 Å². The molecule has 1 rings (SSSR count). The highest BCUT2D eigenvalue weighted by molar-refractivity contribution is 5.76. The second kappa shape index (κ2) is 7.27. The minimum absolute atomic E-state index is 0.0251. The van der Waals surface area contributed by atoms with Crippen LogP contribution in [-0.4, -0.2) is 36.2 Å². The maximum absolute atomic E-state index is 11.5. The smallest absolute Gasteiger partial charge is 0.303 e. The zero-order valence-electron chi connectivity index (χ0n) is 10.3. The monoisotopic (exact) mass is 243 g/mol. The van der Waals surface area contributed by atoms with Crippen molar-refractivity contribution in [3.8, 4) is 0 Å². The number of carboxylic acids is 1. The van der Waals surface area contributed by atoms with Crippen LogP contribution < -0.4 is 5.32 Å². The Labute approximate surface area is 102 Å². The van der Waals surface area contributed by atoms with E-state index in [9.17, 15) is 9.59 Å². The molecule has 0 radical (unpaired) electrons. The number of hydrogen-bond acceptors (Lipinski definition) is 3. The zero-order chi connectivity index (χ0) is 12.7. The van der Waals surface area contributed by atoms with Crippen LogP contribution in [0.25, 0.3) is 0 Å². The van der Waals surface area contributed by atoms with Crippen LogP contribution in [0, 0.1) is 0 Å². The molecule has 0 aromatic rings. The number of unbranched alkanes of at least 4 members (excludes halogenated alkanes) is 1. The molecule has 0 bridgehead atoms. The Bertz CT molecular complexity index is 267. The predicted molar refractivity (Wildman–Crippen MR) is 62.7 cm³/mol. The third-order valence-corrected chi connectivity index (χ3v) is 3.13. The third kappa shape index (κ3) is 5.68. The standard InChI is InChI=1S/C12H21NO4/c1-17-10-7-6-9(8-10)13-11(14)4-2-3-5-12(15)16/h9-10H,2-8H2,1H3,(H,13,14)(H,15,16). The Hall–Kier alpha value is -1.10. The SMILES string of the molecule is COC1CCC(NC(=O)CCCCC(=O)O)C1. The average molecular weight is 243 g/mol. The molecular weight excluding hydrogens is 222 g/mol. The van der Waals surface area contributed by atoms with Gasteiger partial charge in [0.1, 0.15) is 0 Å². The molecule has 1 aliphatic carbocycles. The normalized spacial score (nSPS) is 23.6. The number of carbonyl (C=O) groups is 2. The molecule has 17 heavy (non-hydrogen) atoms. The second-order valence-electron chi connectivity index (χ2n) is 4.54. The topological polar surface area (TPSA) is 75.6 Å². The first-order valence-electron chi connectivity index (χ1n) is 6.15. The molecule has 1 saturated carbocycles. The molecule has 1 aliphatic rings. The van der Waals surface area contributed by atoms with Crippen LogP contribution in [-0.2, 0) is 14.3 Å². The number of amides is 1. The number of ether oxygens (including phenoxy) is 1. The summed E-state index contributed by atoms with van der Waals surface area (Å²) in [4.78, 5) is 21.8. The van der Waals surface area contributed by atoms with Crippen LogP contribution in [0.1, 0.15) is 44.9 Å². The molecule has 2 N–H and O–H groups in total. The van der Waals surface area contributed by atoms with Gasteiger partial charge in [-0.15, -0.1) is 0 Å². The van der Waals surface area contributed by atoms with Gasteiger partial charge < -0.3 is 15.2 Å². The predicted octanol–water partition coefficient (Wildman–Crippen LogP) is 1.32. The number of carboxylic acid groups (broad SMARTS) is 1. The number of hydrogen-bond donors (Lipinski definition) is 2. The van der Waals surface area contributed by atoms with E-state index < -0.39 is 5.97 Å². The van der Waals surface area contributed by atoms with Gasteiger partial charge in [0.25, 0.3) is 0 Å². The Morgan fingerprint density at radius 3 is 2.59 bits per heavy atom. The summed E-state index contributed by atoms with van der Waals surface area (Å²) in [5.74, 6) is -0.777. The summed E-state index contributed by atoms with van der Waals surface area (Å²) in [7, 11) is 1.70. The number of aliphatic carboxylic acids is 1. The minimum atomic E-state index is -0.802. The quantitative estimate of drug-likeness (QED) is 0.661. The van der Waals surface area contributed by atoms with E-state index >= 15 is 0 Å². The minimum Gasteiger partial charge on any atom is -0.481 e. The largest absolute Gasteiger partial charge is 0.481 e. The van der Waals surface area contributed by atoms with E-state index in [-0.39, 0.29) is 24.5 Å². The van der Waals surface area contributed by atoms with Crippen LogP contribution in [0.15, 0.2) is 0 Å². The zero-order valence-corrected chi connectivity index (χ0v) is 10.3. The molecule has 0 aliphatic heterocycles. The number of carbonyl (C=O) groups excluding carboxylic acids is 1. The fraction of sp³-hybridized carbons (Fsp3) is 0.833. The van der Waals surface area contributed by atoms with Crippen molar-refractivity contribution in [2.75, 3.05) is 7.11 Å². The van der Waals surface area contributed by atoms with E-state index in [1.807, 2.05) is 0 Å². The van der Waals surface area contributed by atoms with Crippen LogP contribution in [0.5, 0.6) is 0 Å². The van der Waals surface area contributed by atoms with E-state index in [0.717, 1.165) is 19.3 Å². The van der Waals surface area contributed by atoms with Crippen LogP contribution in [0.4, 0.5) is 0 Å². The van der Waals surface area contributed by atoms with Gasteiger partial charge in [-0.25, -0.2) is 0 Å². The maximum Gasteiger partial charge on any atom is 0.303 e. The van der Waals surface area contributed by atoms with Crippen LogP contribution >= 0.6 is 0 Å². The average Bonchev–Trinajstić information content (AvgIpc) is 2.72. The van der Waals surface area contributed by atoms with Gasteiger partial charge >= 0.3 is 5.97 Å². The van der Waals surface area contributed by atoms with Crippen molar-refractivity contribution in [2.45, 2.75) is 57.1 Å². The van der Waals surface area contributed by atoms with Crippen molar-refractivity contribution in [3.63, 3.8) is 0 Å². The molecular formula is C12H21NO4. The number of methoxy groups -OCH3 is 1. The Morgan fingerprint density at radius 2 is 2.00 bits per heavy atom. The van der Waals surface area contributed by atoms with E-state index in [4.69, 9.17) is 9.84 Å². The molecule has 2 unspecified atom stereocenters. The van der Waals surface area contributed by atoms with Gasteiger partial charge in [0.2, 0.25) is 5.91 Å². The van der Waals surface area contributed by atoms with Gasteiger partial charge in [0.15, 0.2) is 0 Å². The highest BCUT2D eigenvalue weighted by atomic mass is 16.5. The summed E-state index contributed by atoms with van der Waals surface area (Å²) in [6, 6.07) is 0.229. The highest BCUT2D eigenvalue weighted by Gasteiger charge is 2.25. The van der Waals surface area contributed by atoms with Crippen molar-refractivity contribution in [1.82, 2.24) is 5.32 Å². The molecule has 0 heterocycles. The number of rotatable bonds is 7. The van der Waals surface area contributed by atoms with Gasteiger partial charge in [-0.05, 0) is 32.1 Å². The molecule has 5 nitrogen and oxygen atoms in total. The van der Waals surface area contributed by atoms with E-state index in [2.05, 4.69) is 5.32 Å². The van der Waals surface area contributed by atoms with E-state index in [1.165, 1.54) is 0 Å². The van der Waals surface area contributed by atoms with Crippen molar-refractivity contribution in [3.05, 3.63) is 0 Å². The Balaban J connectivity index is 2.07. The Kier molecular flexibility index (Phi) is 5.97. The lowest BCUT2D eigenvalue weighted by Gasteiger charge is -2.12. The van der Waals surface area contributed by atoms with Gasteiger partial charge in [-0.1, -0.05) is 0 Å². The molecule has 0 aromatic carbocycles. The van der Waals surface area contributed by atoms with Crippen LogP contribution in [0.3, 0.4) is 0 Å². The summed E-state index contributed by atoms with van der Waals surface area (Å²) in [5.41, 5.74) is 0. The molecule has 5 heteroatoms. The van der Waals surface area contributed by atoms with Gasteiger partial charge in [-0.2, -0.15) is 0 Å². The molecule has 98 valence electrons. The van der Waals surface area contributed by atoms with Crippen molar-refractivity contribution < 1.29 is 19.4 Å². The van der Waals surface area contributed by atoms with Gasteiger partial charge in [-0.3, -0.25) is 9.59 Å². The van der Waals surface area contributed by atoms with E-state index in [0.29, 0.717) is 19.3 Å². The molecule has 1 fully saturated rings. The summed E-state index contributed by atoms with van der Waals surface area (Å²) >= 11 is 0. The van der Waals surface area contributed by atoms with Crippen LogP contribution in [0.2, 0.25) is 0 Å². The highest BCUT2D eigenvalue weighted by Crippen LogP contribution is 2.21. The lowest BCUT2D eigenvalue weighted by Crippen LogP contribution is -2.33. The second-order valence-corrected chi connectivity index (χ2v) is 4.54. The molecule has 1 amide bonds. The van der Waals surface area contributed by atoms with E-state index in [1.54, 1.807) is 7.11 Å². The first-order valence-corrected chi connectivity index (χ1v) is 6.15. The molecule has 2 atom stereocenters. The molecule has 0 aromatic heterocycles. The lowest BCUT2D eigenvalue weighted by atomic mass is 10.1. The van der Waals surface area contributed by atoms with Gasteiger partial charge in [0, 0.05) is 26.0 Å². The lowest BCUT2D eigenvalue weighted by molar-refractivity contribution is -0.137. The third-order valence-electron chi connectivity index (χ3n) is 3.13. The first-order chi connectivity index (χ1) is 8.11. The fourth-order valence-corrected chi connectivity index (χ4v) is 2.15. The maximum atomic E-state index is 11.5. The summed E-state index contributed by atoms with van der Waals surface area (Å²) < 4.78 is 5.23. The fourth-order valence-electron chi connectivity index (χ4n) is 2.15. The van der Waals surface area contributed by atoms with Crippen molar-refractivity contribution in [1.29, 1.82) is 0 Å². The Morgan fingerprint density at radius 1 is 1.29 bits per heavy atom.